The van der Waals surface area contributed by atoms with Crippen molar-refractivity contribution in [3.8, 4) is 0 Å². The number of benzene rings is 2. The van der Waals surface area contributed by atoms with Crippen LogP contribution in [0.4, 0.5) is 13.2 Å². The Balaban J connectivity index is 1.41. The molecule has 3 unspecified atom stereocenters. The Labute approximate surface area is 239 Å². The quantitative estimate of drug-likeness (QED) is 0.337. The first-order valence-electron chi connectivity index (χ1n) is 14.1. The third kappa shape index (κ3) is 8.53. The van der Waals surface area contributed by atoms with Gasteiger partial charge in [-0.1, -0.05) is 36.4 Å². The highest BCUT2D eigenvalue weighted by atomic mass is 32.2. The van der Waals surface area contributed by atoms with Gasteiger partial charge in [-0.3, -0.25) is 4.79 Å². The van der Waals surface area contributed by atoms with E-state index in [1.54, 1.807) is 43.3 Å². The number of halogens is 3. The van der Waals surface area contributed by atoms with Gasteiger partial charge in [0, 0.05) is 18.9 Å². The number of hydrogen-bond donors (Lipinski definition) is 1. The number of aryl methyl sites for hydroxylation is 1. The average Bonchev–Trinajstić information content (AvgIpc) is 3.39. The van der Waals surface area contributed by atoms with Gasteiger partial charge in [-0.15, -0.1) is 0 Å². The minimum atomic E-state index is -4.43. The van der Waals surface area contributed by atoms with Gasteiger partial charge < -0.3 is 19.5 Å². The molecule has 0 radical (unpaired) electrons. The Morgan fingerprint density at radius 1 is 1.10 bits per heavy atom. The van der Waals surface area contributed by atoms with E-state index >= 15 is 0 Å². The highest BCUT2D eigenvalue weighted by Gasteiger charge is 2.46. The molecule has 7 nitrogen and oxygen atoms in total. The lowest BCUT2D eigenvalue weighted by molar-refractivity contribution is -0.189. The van der Waals surface area contributed by atoms with E-state index in [9.17, 15) is 26.4 Å². The maximum Gasteiger partial charge on any atom is 0.416 e. The maximum absolute atomic E-state index is 13.3. The predicted octanol–water partition coefficient (Wildman–Crippen LogP) is 5.18. The lowest BCUT2D eigenvalue weighted by Gasteiger charge is -2.41. The summed E-state index contributed by atoms with van der Waals surface area (Å²) in [4.78, 5) is 13.0. The van der Waals surface area contributed by atoms with Crippen LogP contribution in [-0.2, 0) is 41.4 Å². The molecule has 0 amide bonds. The zero-order chi connectivity index (χ0) is 29.5. The zero-order valence-corrected chi connectivity index (χ0v) is 24.0. The molecule has 11 heteroatoms. The Morgan fingerprint density at radius 3 is 2.51 bits per heavy atom. The van der Waals surface area contributed by atoms with Gasteiger partial charge in [-0.2, -0.15) is 13.2 Å². The molecule has 0 bridgehead atoms. The molecule has 3 atom stereocenters. The number of hydrogen-bond acceptors (Lipinski definition) is 7. The molecule has 0 aromatic heterocycles. The second-order valence-electron chi connectivity index (χ2n) is 10.7. The van der Waals surface area contributed by atoms with Gasteiger partial charge in [-0.05, 0) is 68.8 Å². The monoisotopic (exact) mass is 597 g/mol. The summed E-state index contributed by atoms with van der Waals surface area (Å²) in [6.07, 6.45) is -1.68. The van der Waals surface area contributed by atoms with Crippen LogP contribution in [0.25, 0.3) is 0 Å². The molecule has 1 aliphatic carbocycles. The first-order chi connectivity index (χ1) is 19.5. The summed E-state index contributed by atoms with van der Waals surface area (Å²) in [5.41, 5.74) is -0.214. The highest BCUT2D eigenvalue weighted by molar-refractivity contribution is 7.91. The van der Waals surface area contributed by atoms with Crippen LogP contribution in [0, 0.1) is 11.8 Å². The number of ether oxygens (including phenoxy) is 3. The Morgan fingerprint density at radius 2 is 1.83 bits per heavy atom. The van der Waals surface area contributed by atoms with E-state index in [4.69, 9.17) is 14.2 Å². The minimum absolute atomic E-state index is 0.0694. The fraction of sp³-hybridized carbons (Fsp3) is 0.567. The number of carbonyl (C=O) groups is 1. The third-order valence-electron chi connectivity index (χ3n) is 7.88. The van der Waals surface area contributed by atoms with Gasteiger partial charge in [0.15, 0.2) is 15.6 Å². The first kappa shape index (κ1) is 31.5. The molecule has 1 heterocycles. The number of sulfone groups is 1. The van der Waals surface area contributed by atoms with Crippen LogP contribution in [0.5, 0.6) is 0 Å². The number of nitrogens with one attached hydrogen (secondary N) is 1. The van der Waals surface area contributed by atoms with Gasteiger partial charge in [-0.25, -0.2) is 8.42 Å². The lowest BCUT2D eigenvalue weighted by Crippen LogP contribution is -2.50. The Kier molecular flexibility index (Phi) is 10.5. The molecule has 226 valence electrons. The van der Waals surface area contributed by atoms with Crippen LogP contribution in [0.2, 0.25) is 0 Å². The van der Waals surface area contributed by atoms with Crippen molar-refractivity contribution in [3.05, 3.63) is 65.7 Å². The van der Waals surface area contributed by atoms with Crippen LogP contribution in [0.3, 0.4) is 0 Å². The van der Waals surface area contributed by atoms with Crippen LogP contribution in [0.15, 0.2) is 59.5 Å². The normalized spacial score (nSPS) is 21.6. The van der Waals surface area contributed by atoms with Crippen LogP contribution >= 0.6 is 0 Å². The van der Waals surface area contributed by atoms with Gasteiger partial charge >= 0.3 is 12.1 Å². The van der Waals surface area contributed by atoms with Gasteiger partial charge in [0.2, 0.25) is 0 Å². The number of rotatable bonds is 12. The minimum Gasteiger partial charge on any atom is -0.466 e. The Hall–Kier alpha value is -2.47. The molecule has 2 aromatic carbocycles. The summed E-state index contributed by atoms with van der Waals surface area (Å²) in [5, 5.41) is 3.47. The summed E-state index contributed by atoms with van der Waals surface area (Å²) >= 11 is 0. The van der Waals surface area contributed by atoms with Crippen molar-refractivity contribution in [2.24, 2.45) is 11.8 Å². The van der Waals surface area contributed by atoms with Crippen molar-refractivity contribution in [2.45, 2.75) is 68.3 Å². The van der Waals surface area contributed by atoms with E-state index in [2.05, 4.69) is 5.32 Å². The first-order valence-corrected chi connectivity index (χ1v) is 15.8. The van der Waals surface area contributed by atoms with E-state index in [1.807, 2.05) is 0 Å². The zero-order valence-electron chi connectivity index (χ0n) is 23.2. The highest BCUT2D eigenvalue weighted by Crippen LogP contribution is 2.40. The second-order valence-corrected chi connectivity index (χ2v) is 12.8. The van der Waals surface area contributed by atoms with Crippen molar-refractivity contribution < 1.29 is 40.6 Å². The summed E-state index contributed by atoms with van der Waals surface area (Å²) < 4.78 is 83.0. The number of alkyl halides is 3. The van der Waals surface area contributed by atoms with Crippen molar-refractivity contribution in [3.63, 3.8) is 0 Å². The predicted molar refractivity (Wildman–Crippen MR) is 147 cm³/mol. The second kappa shape index (κ2) is 13.7. The Bertz CT molecular complexity index is 1250. The summed E-state index contributed by atoms with van der Waals surface area (Å²) in [5.74, 6) is -2.02. The van der Waals surface area contributed by atoms with E-state index in [0.29, 0.717) is 63.8 Å². The van der Waals surface area contributed by atoms with Gasteiger partial charge in [0.1, 0.15) is 0 Å². The molecule has 41 heavy (non-hydrogen) atoms. The van der Waals surface area contributed by atoms with Crippen molar-refractivity contribution >= 4 is 15.8 Å². The molecule has 1 saturated carbocycles. The molecule has 1 N–H and O–H groups in total. The van der Waals surface area contributed by atoms with E-state index < -0.39 is 33.3 Å². The van der Waals surface area contributed by atoms with E-state index in [-0.39, 0.29) is 35.2 Å². The lowest BCUT2D eigenvalue weighted by atomic mass is 9.81. The molecule has 2 aliphatic rings. The number of carbonyl (C=O) groups excluding carboxylic acids is 1. The molecule has 2 fully saturated rings. The summed E-state index contributed by atoms with van der Waals surface area (Å²) in [6.45, 7) is 3.29. The fourth-order valence-corrected chi connectivity index (χ4v) is 7.47. The largest absolute Gasteiger partial charge is 0.466 e. The molecular formula is C30H38F3NO6S. The maximum atomic E-state index is 13.3. The topological polar surface area (TPSA) is 90.9 Å². The third-order valence-corrected chi connectivity index (χ3v) is 9.74. The molecular weight excluding hydrogens is 559 g/mol. The molecule has 1 saturated heterocycles. The standard InChI is InChI=1S/C30H38F3NO6S/c1-2-38-28(35)23(12-11-22-7-6-8-25(19-22)30(31,32)33)14-16-34-27-13-15-29(39-17-18-40-29)20-24(27)21-41(36,37)26-9-4-3-5-10-26/h3-10,19,23-24,27,34H,2,11-18,20-21H2,1H3. The van der Waals surface area contributed by atoms with Gasteiger partial charge in [0.25, 0.3) is 0 Å². The molecule has 1 spiro atoms. The van der Waals surface area contributed by atoms with Crippen molar-refractivity contribution in [1.82, 2.24) is 5.32 Å². The summed E-state index contributed by atoms with van der Waals surface area (Å²) in [6, 6.07) is 13.3. The number of esters is 1. The van der Waals surface area contributed by atoms with Crippen molar-refractivity contribution in [1.29, 1.82) is 0 Å². The molecule has 2 aromatic rings. The molecule has 4 rings (SSSR count). The smallest absolute Gasteiger partial charge is 0.416 e. The molecule has 1 aliphatic heterocycles. The van der Waals surface area contributed by atoms with Crippen LogP contribution in [-0.4, -0.2) is 58.3 Å². The van der Waals surface area contributed by atoms with Crippen molar-refractivity contribution in [2.75, 3.05) is 32.1 Å². The van der Waals surface area contributed by atoms with Crippen LogP contribution < -0.4 is 5.32 Å². The average molecular weight is 598 g/mol. The SMILES string of the molecule is CCOC(=O)C(CCNC1CCC2(CC1CS(=O)(=O)c1ccccc1)OCCO2)CCc1cccc(C(F)(F)F)c1. The van der Waals surface area contributed by atoms with E-state index in [0.717, 1.165) is 12.1 Å². The fourth-order valence-electron chi connectivity index (χ4n) is 5.79. The summed E-state index contributed by atoms with van der Waals surface area (Å²) in [7, 11) is -3.56. The van der Waals surface area contributed by atoms with Crippen LogP contribution in [0.1, 0.15) is 50.2 Å². The van der Waals surface area contributed by atoms with E-state index in [1.165, 1.54) is 6.07 Å². The van der Waals surface area contributed by atoms with Gasteiger partial charge in [0.05, 0.1) is 42.0 Å².